The van der Waals surface area contributed by atoms with Crippen LogP contribution in [0.15, 0.2) is 106 Å². The Morgan fingerprint density at radius 1 is 1.02 bits per heavy atom. The van der Waals surface area contributed by atoms with E-state index in [0.717, 1.165) is 38.9 Å². The van der Waals surface area contributed by atoms with Gasteiger partial charge in [-0.05, 0) is 80.9 Å². The lowest BCUT2D eigenvalue weighted by atomic mass is 9.68. The van der Waals surface area contributed by atoms with Crippen LogP contribution in [0.5, 0.6) is 0 Å². The molecule has 0 spiro atoms. The highest BCUT2D eigenvalue weighted by molar-refractivity contribution is 5.92. The van der Waals surface area contributed by atoms with Gasteiger partial charge in [-0.2, -0.15) is 0 Å². The molecule has 12 nitrogen and oxygen atoms in total. The van der Waals surface area contributed by atoms with E-state index >= 15 is 0 Å². The highest BCUT2D eigenvalue weighted by Gasteiger charge is 2.39. The molecule has 12 heteroatoms. The molecule has 49 heavy (non-hydrogen) atoms. The molecule has 2 unspecified atom stereocenters. The number of benzene rings is 3. The molecule has 0 saturated carbocycles. The molecule has 0 aromatic heterocycles. The van der Waals surface area contributed by atoms with Crippen LogP contribution in [0.3, 0.4) is 0 Å². The van der Waals surface area contributed by atoms with Gasteiger partial charge in [-0.25, -0.2) is 0 Å². The number of likely N-dealkylation sites (tertiary alicyclic amines) is 1. The quantitative estimate of drug-likeness (QED) is 0.0352. The minimum Gasteiger partial charge on any atom is -0.350 e. The Bertz CT molecular complexity index is 1660. The number of nitro benzene ring substituents is 1. The van der Waals surface area contributed by atoms with Gasteiger partial charge in [0, 0.05) is 41.3 Å². The predicted molar refractivity (Wildman–Crippen MR) is 189 cm³/mol. The molecule has 0 bridgehead atoms. The smallest absolute Gasteiger partial charge is 0.269 e. The molecule has 2 aliphatic rings. The third-order valence-electron chi connectivity index (χ3n) is 9.80. The Hall–Kier alpha value is -5.32. The minimum absolute atomic E-state index is 0.0534. The Kier molecular flexibility index (Phi) is 11.9. The van der Waals surface area contributed by atoms with Crippen molar-refractivity contribution in [2.45, 2.75) is 56.4 Å². The van der Waals surface area contributed by atoms with Crippen LogP contribution in [0, 0.1) is 10.1 Å². The summed E-state index contributed by atoms with van der Waals surface area (Å²) in [6.07, 6.45) is 5.05. The van der Waals surface area contributed by atoms with Crippen LogP contribution in [-0.4, -0.2) is 72.0 Å². The Morgan fingerprint density at radius 2 is 1.65 bits per heavy atom. The summed E-state index contributed by atoms with van der Waals surface area (Å²) < 4.78 is 0. The Labute approximate surface area is 286 Å². The molecule has 1 N–H and O–H groups in total. The van der Waals surface area contributed by atoms with Crippen molar-refractivity contribution in [3.8, 4) is 0 Å². The molecule has 2 atom stereocenters. The predicted octanol–water partition coefficient (Wildman–Crippen LogP) is 6.50. The number of nitrogens with one attached hydrogen (secondary N) is 1. The number of hydrogen-bond acceptors (Lipinski definition) is 7. The van der Waals surface area contributed by atoms with Gasteiger partial charge in [0.15, 0.2) is 0 Å². The second-order valence-corrected chi connectivity index (χ2v) is 12.5. The Morgan fingerprint density at radius 3 is 2.20 bits per heavy atom. The number of piperidine rings is 1. The van der Waals surface area contributed by atoms with E-state index in [2.05, 4.69) is 80.9 Å². The maximum absolute atomic E-state index is 12.9. The van der Waals surface area contributed by atoms with Crippen molar-refractivity contribution in [1.82, 2.24) is 15.1 Å². The van der Waals surface area contributed by atoms with Gasteiger partial charge < -0.3 is 15.1 Å². The third-order valence-corrected chi connectivity index (χ3v) is 9.80. The largest absolute Gasteiger partial charge is 0.350 e. The standard InChI is InChI=1S/C37H42N8O4/c1-28-35(39-26-46)34(29-15-17-32(18-16-29)45(48)49)36(33(41-28)14-8-21-40-42-38)44(27-47)23-9-22-43-24-19-37(20-25-43,30-10-4-2-5-11-30)31-12-6-3-7-13-31/h2-7,10-13,15-18,26-27,34-35H,8-9,14,19-25H2,1H3,(H,39,46). The van der Waals surface area contributed by atoms with Crippen molar-refractivity contribution in [3.63, 3.8) is 0 Å². The van der Waals surface area contributed by atoms with Gasteiger partial charge in [0.2, 0.25) is 12.8 Å². The van der Waals surface area contributed by atoms with Gasteiger partial charge >= 0.3 is 0 Å². The van der Waals surface area contributed by atoms with Crippen molar-refractivity contribution in [3.05, 3.63) is 134 Å². The van der Waals surface area contributed by atoms with E-state index in [-0.39, 0.29) is 17.6 Å². The molecule has 3 aromatic rings. The van der Waals surface area contributed by atoms with E-state index in [1.807, 2.05) is 6.92 Å². The van der Waals surface area contributed by atoms with Gasteiger partial charge in [0.1, 0.15) is 0 Å². The fourth-order valence-corrected chi connectivity index (χ4v) is 7.36. The fourth-order valence-electron chi connectivity index (χ4n) is 7.36. The summed E-state index contributed by atoms with van der Waals surface area (Å²) in [4.78, 5) is 47.4. The summed E-state index contributed by atoms with van der Waals surface area (Å²) >= 11 is 0. The van der Waals surface area contributed by atoms with Crippen molar-refractivity contribution in [2.75, 3.05) is 32.7 Å². The monoisotopic (exact) mass is 662 g/mol. The normalized spacial score (nSPS) is 18.9. The molecule has 0 aliphatic carbocycles. The zero-order valence-corrected chi connectivity index (χ0v) is 27.7. The molecule has 2 heterocycles. The molecule has 254 valence electrons. The topological polar surface area (TPSA) is 157 Å². The van der Waals surface area contributed by atoms with Crippen molar-refractivity contribution < 1.29 is 14.5 Å². The first-order valence-corrected chi connectivity index (χ1v) is 16.7. The highest BCUT2D eigenvalue weighted by atomic mass is 16.6. The first-order chi connectivity index (χ1) is 23.9. The van der Waals surface area contributed by atoms with E-state index in [9.17, 15) is 19.7 Å². The summed E-state index contributed by atoms with van der Waals surface area (Å²) in [5.74, 6) is -0.518. The minimum atomic E-state index is -0.566. The number of carbonyl (C=O) groups excluding carboxylic acids is 2. The molecule has 2 amide bonds. The van der Waals surface area contributed by atoms with Crippen LogP contribution >= 0.6 is 0 Å². The van der Waals surface area contributed by atoms with E-state index in [1.54, 1.807) is 17.0 Å². The Balaban J connectivity index is 1.37. The molecule has 3 aromatic carbocycles. The number of non-ortho nitro benzene ring substituents is 1. The van der Waals surface area contributed by atoms with Crippen LogP contribution in [0.4, 0.5) is 5.69 Å². The van der Waals surface area contributed by atoms with Gasteiger partial charge in [0.25, 0.3) is 5.69 Å². The van der Waals surface area contributed by atoms with Gasteiger partial charge in [-0.1, -0.05) is 77.9 Å². The third kappa shape index (κ3) is 8.05. The summed E-state index contributed by atoms with van der Waals surface area (Å²) in [5, 5.41) is 17.9. The summed E-state index contributed by atoms with van der Waals surface area (Å²) in [5.41, 5.74) is 14.0. The van der Waals surface area contributed by atoms with Gasteiger partial charge in [-0.3, -0.25) is 24.7 Å². The summed E-state index contributed by atoms with van der Waals surface area (Å²) in [7, 11) is 0. The zero-order chi connectivity index (χ0) is 34.6. The lowest BCUT2D eigenvalue weighted by molar-refractivity contribution is -0.384. The first-order valence-electron chi connectivity index (χ1n) is 16.7. The molecule has 5 rings (SSSR count). The molecule has 1 saturated heterocycles. The van der Waals surface area contributed by atoms with Crippen LogP contribution in [0.1, 0.15) is 61.6 Å². The van der Waals surface area contributed by atoms with Crippen molar-refractivity contribution >= 4 is 24.2 Å². The number of nitrogens with zero attached hydrogens (tertiary/aromatic N) is 7. The fraction of sp³-hybridized carbons (Fsp3) is 0.378. The van der Waals surface area contributed by atoms with E-state index in [1.165, 1.54) is 23.3 Å². The van der Waals surface area contributed by atoms with Crippen LogP contribution in [-0.2, 0) is 15.0 Å². The number of aliphatic imine (C=N–C) groups is 1. The highest BCUT2D eigenvalue weighted by Crippen LogP contribution is 2.42. The average Bonchev–Trinajstić information content (AvgIpc) is 3.14. The maximum atomic E-state index is 12.9. The van der Waals surface area contributed by atoms with E-state index in [0.29, 0.717) is 54.9 Å². The van der Waals surface area contributed by atoms with Gasteiger partial charge in [0.05, 0.1) is 28.3 Å². The number of carbonyl (C=O) groups is 2. The van der Waals surface area contributed by atoms with E-state index in [4.69, 9.17) is 10.5 Å². The number of azide groups is 1. The second-order valence-electron chi connectivity index (χ2n) is 12.5. The summed E-state index contributed by atoms with van der Waals surface area (Å²) in [6, 6.07) is 27.1. The molecule has 2 aliphatic heterocycles. The molecule has 0 radical (unpaired) electrons. The number of amides is 2. The van der Waals surface area contributed by atoms with E-state index < -0.39 is 16.9 Å². The van der Waals surface area contributed by atoms with Gasteiger partial charge in [-0.15, -0.1) is 0 Å². The summed E-state index contributed by atoms with van der Waals surface area (Å²) in [6.45, 7) is 5.13. The lowest BCUT2D eigenvalue weighted by Crippen LogP contribution is -2.46. The number of rotatable bonds is 16. The molecular formula is C37H42N8O4. The van der Waals surface area contributed by atoms with Crippen LogP contribution in [0.25, 0.3) is 10.4 Å². The van der Waals surface area contributed by atoms with Crippen molar-refractivity contribution in [2.24, 2.45) is 10.1 Å². The SMILES string of the molecule is CC1=NC(CCCN=[N+]=[N-])=C(N(C=O)CCCN2CCC(c3ccccc3)(c3ccccc3)CC2)C(c2ccc([N+](=O)[O-])cc2)C1NC=O. The number of hydrogen-bond donors (Lipinski definition) is 1. The number of allylic oxidation sites excluding steroid dienone is 1. The van der Waals surface area contributed by atoms with Crippen LogP contribution < -0.4 is 5.32 Å². The van der Waals surface area contributed by atoms with Crippen molar-refractivity contribution in [1.29, 1.82) is 0 Å². The molecular weight excluding hydrogens is 620 g/mol. The first kappa shape index (κ1) is 35.0. The lowest BCUT2D eigenvalue weighted by Gasteiger charge is -2.43. The zero-order valence-electron chi connectivity index (χ0n) is 27.7. The number of nitro groups is 1. The molecule has 1 fully saturated rings. The maximum Gasteiger partial charge on any atom is 0.269 e. The average molecular weight is 663 g/mol. The second kappa shape index (κ2) is 16.7. The van der Waals surface area contributed by atoms with Crippen LogP contribution in [0.2, 0.25) is 0 Å².